The fraction of sp³-hybridized carbons (Fsp3) is 0.250. The smallest absolute Gasteiger partial charge is 0.264 e. The van der Waals surface area contributed by atoms with Crippen LogP contribution < -0.4 is 10.1 Å². The van der Waals surface area contributed by atoms with Crippen molar-refractivity contribution in [3.8, 4) is 5.75 Å². The van der Waals surface area contributed by atoms with Crippen LogP contribution in [0.1, 0.15) is 11.9 Å². The molecule has 0 saturated heterocycles. The molecule has 0 fully saturated rings. The van der Waals surface area contributed by atoms with E-state index in [1.807, 2.05) is 6.92 Å². The molecule has 0 atom stereocenters. The number of carbonyl (C=O) groups is 1. The highest BCUT2D eigenvalue weighted by molar-refractivity contribution is 7.15. The van der Waals surface area contributed by atoms with E-state index in [0.717, 1.165) is 23.6 Å². The lowest BCUT2D eigenvalue weighted by molar-refractivity contribution is -0.118. The van der Waals surface area contributed by atoms with Gasteiger partial charge in [0.15, 0.2) is 18.2 Å². The molecule has 8 heteroatoms. The molecule has 0 unspecified atom stereocenters. The Morgan fingerprint density at radius 1 is 1.40 bits per heavy atom. The summed E-state index contributed by atoms with van der Waals surface area (Å²) in [4.78, 5) is 11.6. The Morgan fingerprint density at radius 3 is 2.85 bits per heavy atom. The summed E-state index contributed by atoms with van der Waals surface area (Å²) in [6.07, 6.45) is 0.727. The minimum atomic E-state index is -0.859. The highest BCUT2D eigenvalue weighted by Crippen LogP contribution is 2.18. The van der Waals surface area contributed by atoms with E-state index in [4.69, 9.17) is 4.74 Å². The summed E-state index contributed by atoms with van der Waals surface area (Å²) < 4.78 is 30.9. The molecule has 0 aliphatic rings. The number of ether oxygens (including phenoxy) is 1. The topological polar surface area (TPSA) is 64.1 Å². The Balaban J connectivity index is 1.88. The number of nitrogens with one attached hydrogen (secondary N) is 1. The highest BCUT2D eigenvalue weighted by atomic mass is 32.1. The number of nitrogens with zero attached hydrogens (tertiary/aromatic N) is 2. The third kappa shape index (κ3) is 3.70. The minimum Gasteiger partial charge on any atom is -0.481 e. The molecule has 1 aromatic carbocycles. The van der Waals surface area contributed by atoms with Gasteiger partial charge in [0.2, 0.25) is 5.13 Å². The third-order valence-corrected chi connectivity index (χ3v) is 3.25. The average Bonchev–Trinajstić information content (AvgIpc) is 2.85. The van der Waals surface area contributed by atoms with Crippen LogP contribution in [0.5, 0.6) is 5.75 Å². The first-order valence-electron chi connectivity index (χ1n) is 5.78. The zero-order valence-electron chi connectivity index (χ0n) is 10.5. The van der Waals surface area contributed by atoms with E-state index < -0.39 is 24.1 Å². The van der Waals surface area contributed by atoms with Gasteiger partial charge in [-0.1, -0.05) is 18.3 Å². The molecule has 0 aliphatic heterocycles. The van der Waals surface area contributed by atoms with Crippen molar-refractivity contribution in [2.75, 3.05) is 11.9 Å². The number of benzene rings is 1. The summed E-state index contributed by atoms with van der Waals surface area (Å²) in [5.41, 5.74) is 0. The van der Waals surface area contributed by atoms with Crippen molar-refractivity contribution in [2.45, 2.75) is 13.3 Å². The van der Waals surface area contributed by atoms with Gasteiger partial charge in [0, 0.05) is 6.07 Å². The number of halogens is 2. The quantitative estimate of drug-likeness (QED) is 0.920. The first kappa shape index (κ1) is 14.3. The molecule has 1 N–H and O–H groups in total. The maximum absolute atomic E-state index is 13.3. The monoisotopic (exact) mass is 299 g/mol. The van der Waals surface area contributed by atoms with Gasteiger partial charge in [-0.2, -0.15) is 0 Å². The van der Waals surface area contributed by atoms with Gasteiger partial charge in [-0.05, 0) is 18.6 Å². The van der Waals surface area contributed by atoms with Gasteiger partial charge in [-0.3, -0.25) is 10.1 Å². The van der Waals surface area contributed by atoms with Crippen molar-refractivity contribution in [2.24, 2.45) is 0 Å². The van der Waals surface area contributed by atoms with Gasteiger partial charge < -0.3 is 4.74 Å². The van der Waals surface area contributed by atoms with E-state index >= 15 is 0 Å². The van der Waals surface area contributed by atoms with Crippen molar-refractivity contribution in [1.29, 1.82) is 0 Å². The van der Waals surface area contributed by atoms with Crippen molar-refractivity contribution in [3.63, 3.8) is 0 Å². The lowest BCUT2D eigenvalue weighted by Gasteiger charge is -2.06. The number of hydrogen-bond donors (Lipinski definition) is 1. The molecule has 2 rings (SSSR count). The number of rotatable bonds is 5. The molecule has 1 heterocycles. The summed E-state index contributed by atoms with van der Waals surface area (Å²) in [5.74, 6) is -2.25. The Labute approximate surface area is 117 Å². The molecule has 106 valence electrons. The van der Waals surface area contributed by atoms with Crippen LogP contribution in [0.2, 0.25) is 0 Å². The molecule has 0 saturated carbocycles. The van der Waals surface area contributed by atoms with E-state index in [2.05, 4.69) is 15.5 Å². The van der Waals surface area contributed by atoms with Gasteiger partial charge >= 0.3 is 0 Å². The van der Waals surface area contributed by atoms with E-state index in [-0.39, 0.29) is 5.75 Å². The number of anilines is 1. The number of amides is 1. The number of hydrogen-bond acceptors (Lipinski definition) is 5. The van der Waals surface area contributed by atoms with Gasteiger partial charge in [0.25, 0.3) is 5.91 Å². The van der Waals surface area contributed by atoms with Gasteiger partial charge in [-0.15, -0.1) is 10.2 Å². The molecule has 20 heavy (non-hydrogen) atoms. The van der Waals surface area contributed by atoms with Crippen LogP contribution in [0.25, 0.3) is 0 Å². The van der Waals surface area contributed by atoms with Crippen LogP contribution in [-0.2, 0) is 11.2 Å². The first-order valence-corrected chi connectivity index (χ1v) is 6.60. The summed E-state index contributed by atoms with van der Waals surface area (Å²) in [6, 6.07) is 2.86. The second-order valence-electron chi connectivity index (χ2n) is 3.77. The fourth-order valence-corrected chi connectivity index (χ4v) is 2.03. The van der Waals surface area contributed by atoms with Crippen molar-refractivity contribution in [3.05, 3.63) is 34.8 Å². The van der Waals surface area contributed by atoms with Crippen molar-refractivity contribution >= 4 is 22.4 Å². The maximum Gasteiger partial charge on any atom is 0.264 e. The molecular formula is C12H11F2N3O2S. The normalized spacial score (nSPS) is 10.3. The summed E-state index contributed by atoms with van der Waals surface area (Å²) in [6.45, 7) is 1.52. The zero-order valence-corrected chi connectivity index (χ0v) is 11.3. The van der Waals surface area contributed by atoms with E-state index in [1.54, 1.807) is 0 Å². The molecule has 0 spiro atoms. The van der Waals surface area contributed by atoms with E-state index in [9.17, 15) is 13.6 Å². The summed E-state index contributed by atoms with van der Waals surface area (Å²) in [5, 5.41) is 11.2. The fourth-order valence-electron chi connectivity index (χ4n) is 1.34. The predicted molar refractivity (Wildman–Crippen MR) is 69.8 cm³/mol. The zero-order chi connectivity index (χ0) is 14.5. The summed E-state index contributed by atoms with van der Waals surface area (Å²) in [7, 11) is 0. The minimum absolute atomic E-state index is 0.187. The average molecular weight is 299 g/mol. The first-order chi connectivity index (χ1) is 9.58. The lowest BCUT2D eigenvalue weighted by Crippen LogP contribution is -2.20. The number of carbonyl (C=O) groups excluding carboxylic acids is 1. The Bertz CT molecular complexity index is 618. The predicted octanol–water partition coefficient (Wildman–Crippen LogP) is 2.40. The molecule has 1 aromatic heterocycles. The van der Waals surface area contributed by atoms with E-state index in [1.165, 1.54) is 11.3 Å². The second-order valence-corrected chi connectivity index (χ2v) is 4.83. The van der Waals surface area contributed by atoms with Crippen LogP contribution in [-0.4, -0.2) is 22.7 Å². The second kappa shape index (κ2) is 6.38. The van der Waals surface area contributed by atoms with Crippen LogP contribution in [0.3, 0.4) is 0 Å². The molecule has 0 aliphatic carbocycles. The SMILES string of the molecule is CCc1nnc(NC(=O)COc2ccc(F)cc2F)s1. The Morgan fingerprint density at radius 2 is 2.20 bits per heavy atom. The molecule has 0 radical (unpaired) electrons. The van der Waals surface area contributed by atoms with E-state index in [0.29, 0.717) is 11.2 Å². The third-order valence-electron chi connectivity index (χ3n) is 2.27. The molecular weight excluding hydrogens is 288 g/mol. The number of aromatic nitrogens is 2. The lowest BCUT2D eigenvalue weighted by atomic mass is 10.3. The maximum atomic E-state index is 13.3. The van der Waals surface area contributed by atoms with Gasteiger partial charge in [0.1, 0.15) is 10.8 Å². The van der Waals surface area contributed by atoms with Crippen LogP contribution in [0, 0.1) is 11.6 Å². The summed E-state index contributed by atoms with van der Waals surface area (Å²) >= 11 is 1.25. The van der Waals surface area contributed by atoms with Crippen molar-refractivity contribution in [1.82, 2.24) is 10.2 Å². The number of aryl methyl sites for hydroxylation is 1. The Hall–Kier alpha value is -2.09. The molecule has 1 amide bonds. The molecule has 2 aromatic rings. The molecule has 5 nitrogen and oxygen atoms in total. The highest BCUT2D eigenvalue weighted by Gasteiger charge is 2.10. The van der Waals surface area contributed by atoms with Gasteiger partial charge in [0.05, 0.1) is 0 Å². The van der Waals surface area contributed by atoms with Crippen LogP contribution in [0.4, 0.5) is 13.9 Å². The van der Waals surface area contributed by atoms with Crippen LogP contribution >= 0.6 is 11.3 Å². The largest absolute Gasteiger partial charge is 0.481 e. The van der Waals surface area contributed by atoms with Crippen molar-refractivity contribution < 1.29 is 18.3 Å². The van der Waals surface area contributed by atoms with Crippen LogP contribution in [0.15, 0.2) is 18.2 Å². The molecule has 0 bridgehead atoms. The Kier molecular flexibility index (Phi) is 4.57. The van der Waals surface area contributed by atoms with Gasteiger partial charge in [-0.25, -0.2) is 8.78 Å². The standard InChI is InChI=1S/C12H11F2N3O2S/c1-2-11-16-17-12(20-11)15-10(18)6-19-9-4-3-7(13)5-8(9)14/h3-5H,2,6H2,1H3,(H,15,17,18).